The third-order valence-corrected chi connectivity index (χ3v) is 3.68. The zero-order valence-corrected chi connectivity index (χ0v) is 12.0. The summed E-state index contributed by atoms with van der Waals surface area (Å²) >= 11 is 0. The molecule has 0 radical (unpaired) electrons. The van der Waals surface area contributed by atoms with Gasteiger partial charge in [0.1, 0.15) is 0 Å². The monoisotopic (exact) mass is 278 g/mol. The van der Waals surface area contributed by atoms with Gasteiger partial charge in [0.05, 0.1) is 11.8 Å². The van der Waals surface area contributed by atoms with Gasteiger partial charge in [-0.2, -0.15) is 0 Å². The molecule has 1 amide bonds. The van der Waals surface area contributed by atoms with Gasteiger partial charge in [-0.3, -0.25) is 9.59 Å². The Hall–Kier alpha value is -1.88. The van der Waals surface area contributed by atoms with E-state index in [2.05, 4.69) is 5.32 Å². The fraction of sp³-hybridized carbons (Fsp3) is 0.467. The number of carboxylic acids is 1. The van der Waals surface area contributed by atoms with Crippen LogP contribution in [0.25, 0.3) is 0 Å². The molecule has 0 spiro atoms. The van der Waals surface area contributed by atoms with Gasteiger partial charge < -0.3 is 16.2 Å². The van der Waals surface area contributed by atoms with Crippen LogP contribution in [0.15, 0.2) is 24.3 Å². The van der Waals surface area contributed by atoms with Crippen LogP contribution < -0.4 is 11.1 Å². The Kier molecular flexibility index (Phi) is 5.70. The molecule has 1 unspecified atom stereocenters. The Balaban J connectivity index is 2.75. The predicted octanol–water partition coefficient (Wildman–Crippen LogP) is 1.30. The van der Waals surface area contributed by atoms with Crippen LogP contribution in [0.2, 0.25) is 0 Å². The van der Waals surface area contributed by atoms with Crippen molar-refractivity contribution in [2.45, 2.75) is 33.2 Å². The number of benzene rings is 1. The van der Waals surface area contributed by atoms with E-state index in [0.29, 0.717) is 18.5 Å². The van der Waals surface area contributed by atoms with Crippen molar-refractivity contribution >= 4 is 11.9 Å². The van der Waals surface area contributed by atoms with Gasteiger partial charge in [0.25, 0.3) is 0 Å². The van der Waals surface area contributed by atoms with Gasteiger partial charge in [-0.15, -0.1) is 0 Å². The average molecular weight is 278 g/mol. The molecule has 0 saturated heterocycles. The first-order chi connectivity index (χ1) is 9.42. The van der Waals surface area contributed by atoms with E-state index < -0.39 is 11.4 Å². The number of nitrogens with one attached hydrogen (secondary N) is 1. The van der Waals surface area contributed by atoms with Crippen LogP contribution in [0.5, 0.6) is 0 Å². The summed E-state index contributed by atoms with van der Waals surface area (Å²) in [7, 11) is 0. The number of carbonyl (C=O) groups is 2. The number of rotatable bonds is 7. The lowest BCUT2D eigenvalue weighted by molar-refractivity contribution is -0.136. The second-order valence-electron chi connectivity index (χ2n) is 5.14. The van der Waals surface area contributed by atoms with Crippen LogP contribution in [-0.4, -0.2) is 23.5 Å². The van der Waals surface area contributed by atoms with Crippen molar-refractivity contribution in [1.29, 1.82) is 0 Å². The van der Waals surface area contributed by atoms with Crippen molar-refractivity contribution in [2.24, 2.45) is 11.1 Å². The Labute approximate surface area is 119 Å². The Morgan fingerprint density at radius 1 is 1.30 bits per heavy atom. The van der Waals surface area contributed by atoms with Crippen LogP contribution in [0.4, 0.5) is 0 Å². The van der Waals surface area contributed by atoms with E-state index in [1.807, 2.05) is 26.0 Å². The van der Waals surface area contributed by atoms with Crippen LogP contribution in [0.3, 0.4) is 0 Å². The van der Waals surface area contributed by atoms with Crippen LogP contribution in [-0.2, 0) is 22.6 Å². The lowest BCUT2D eigenvalue weighted by atomic mass is 9.86. The van der Waals surface area contributed by atoms with E-state index in [9.17, 15) is 9.59 Å². The standard InChI is InChI=1S/C15H22N2O3/c1-3-15(2,10-16)14(20)17-9-12-7-5-4-6-11(12)8-13(18)19/h4-7H,3,8-10,16H2,1-2H3,(H,17,20)(H,18,19). The van der Waals surface area contributed by atoms with Gasteiger partial charge in [-0.25, -0.2) is 0 Å². The normalized spacial score (nSPS) is 13.6. The number of aliphatic carboxylic acids is 1. The Morgan fingerprint density at radius 2 is 1.90 bits per heavy atom. The molecule has 0 aliphatic carbocycles. The first kappa shape index (κ1) is 16.2. The maximum absolute atomic E-state index is 12.1. The summed E-state index contributed by atoms with van der Waals surface area (Å²) in [6.07, 6.45) is 0.611. The molecule has 0 aliphatic rings. The van der Waals surface area contributed by atoms with Crippen molar-refractivity contribution in [3.05, 3.63) is 35.4 Å². The highest BCUT2D eigenvalue weighted by Gasteiger charge is 2.29. The van der Waals surface area contributed by atoms with Gasteiger partial charge in [0.2, 0.25) is 5.91 Å². The molecule has 5 nitrogen and oxygen atoms in total. The average Bonchev–Trinajstić information content (AvgIpc) is 2.44. The highest BCUT2D eigenvalue weighted by atomic mass is 16.4. The van der Waals surface area contributed by atoms with Crippen LogP contribution in [0, 0.1) is 5.41 Å². The van der Waals surface area contributed by atoms with Gasteiger partial charge in [-0.05, 0) is 24.5 Å². The molecule has 1 atom stereocenters. The van der Waals surface area contributed by atoms with Crippen molar-refractivity contribution in [3.63, 3.8) is 0 Å². The SMILES string of the molecule is CCC(C)(CN)C(=O)NCc1ccccc1CC(=O)O. The summed E-state index contributed by atoms with van der Waals surface area (Å²) < 4.78 is 0. The van der Waals surface area contributed by atoms with Gasteiger partial charge >= 0.3 is 5.97 Å². The summed E-state index contributed by atoms with van der Waals surface area (Å²) in [4.78, 5) is 22.9. The molecule has 0 aromatic heterocycles. The third kappa shape index (κ3) is 4.06. The second kappa shape index (κ2) is 7.05. The molecule has 5 heteroatoms. The number of carbonyl (C=O) groups excluding carboxylic acids is 1. The summed E-state index contributed by atoms with van der Waals surface area (Å²) in [6, 6.07) is 7.20. The fourth-order valence-electron chi connectivity index (χ4n) is 1.85. The van der Waals surface area contributed by atoms with E-state index >= 15 is 0 Å². The Bertz CT molecular complexity index is 482. The first-order valence-corrected chi connectivity index (χ1v) is 6.70. The maximum Gasteiger partial charge on any atom is 0.307 e. The zero-order chi connectivity index (χ0) is 15.2. The number of hydrogen-bond acceptors (Lipinski definition) is 3. The number of nitrogens with two attached hydrogens (primary N) is 1. The number of hydrogen-bond donors (Lipinski definition) is 3. The van der Waals surface area contributed by atoms with Crippen molar-refractivity contribution in [1.82, 2.24) is 5.32 Å². The molecule has 1 aromatic carbocycles. The lowest BCUT2D eigenvalue weighted by Crippen LogP contribution is -2.43. The summed E-state index contributed by atoms with van der Waals surface area (Å²) in [6.45, 7) is 4.35. The van der Waals surface area contributed by atoms with E-state index in [4.69, 9.17) is 10.8 Å². The van der Waals surface area contributed by atoms with Gasteiger partial charge in [0, 0.05) is 13.1 Å². The summed E-state index contributed by atoms with van der Waals surface area (Å²) in [5.41, 5.74) is 6.60. The quantitative estimate of drug-likeness (QED) is 0.701. The van der Waals surface area contributed by atoms with Crippen molar-refractivity contribution in [2.75, 3.05) is 6.54 Å². The molecule has 1 rings (SSSR count). The van der Waals surface area contributed by atoms with Crippen LogP contribution >= 0.6 is 0 Å². The number of amides is 1. The Morgan fingerprint density at radius 3 is 2.40 bits per heavy atom. The predicted molar refractivity (Wildman–Crippen MR) is 77.1 cm³/mol. The molecular weight excluding hydrogens is 256 g/mol. The number of carboxylic acid groups (broad SMARTS) is 1. The molecule has 0 bridgehead atoms. The van der Waals surface area contributed by atoms with E-state index in [1.165, 1.54) is 0 Å². The molecule has 0 aliphatic heterocycles. The lowest BCUT2D eigenvalue weighted by Gasteiger charge is -2.25. The van der Waals surface area contributed by atoms with Gasteiger partial charge in [0.15, 0.2) is 0 Å². The van der Waals surface area contributed by atoms with Gasteiger partial charge in [-0.1, -0.05) is 31.2 Å². The minimum atomic E-state index is -0.885. The molecule has 110 valence electrons. The zero-order valence-electron chi connectivity index (χ0n) is 12.0. The maximum atomic E-state index is 12.1. The first-order valence-electron chi connectivity index (χ1n) is 6.70. The van der Waals surface area contributed by atoms with Crippen LogP contribution in [0.1, 0.15) is 31.4 Å². The molecule has 20 heavy (non-hydrogen) atoms. The minimum absolute atomic E-state index is 0.0476. The summed E-state index contributed by atoms with van der Waals surface area (Å²) in [5.74, 6) is -0.989. The fourth-order valence-corrected chi connectivity index (χ4v) is 1.85. The highest BCUT2D eigenvalue weighted by molar-refractivity contribution is 5.82. The highest BCUT2D eigenvalue weighted by Crippen LogP contribution is 2.19. The molecule has 1 aromatic rings. The second-order valence-corrected chi connectivity index (χ2v) is 5.14. The third-order valence-electron chi connectivity index (χ3n) is 3.68. The van der Waals surface area contributed by atoms with E-state index in [0.717, 1.165) is 5.56 Å². The largest absolute Gasteiger partial charge is 0.481 e. The molecule has 0 fully saturated rings. The molecule has 4 N–H and O–H groups in total. The van der Waals surface area contributed by atoms with E-state index in [1.54, 1.807) is 12.1 Å². The topological polar surface area (TPSA) is 92.4 Å². The molecule has 0 heterocycles. The minimum Gasteiger partial charge on any atom is -0.481 e. The molecule has 0 saturated carbocycles. The van der Waals surface area contributed by atoms with Crippen molar-refractivity contribution < 1.29 is 14.7 Å². The smallest absolute Gasteiger partial charge is 0.307 e. The van der Waals surface area contributed by atoms with Crippen molar-refractivity contribution in [3.8, 4) is 0 Å². The van der Waals surface area contributed by atoms with E-state index in [-0.39, 0.29) is 18.9 Å². The summed E-state index contributed by atoms with van der Waals surface area (Å²) in [5, 5.41) is 11.7. The molecular formula is C15H22N2O3.